The second-order valence-corrected chi connectivity index (χ2v) is 21.0. The lowest BCUT2D eigenvalue weighted by Crippen LogP contribution is -2.71. The molecule has 2 fully saturated rings. The molecule has 9 heteroatoms. The van der Waals surface area contributed by atoms with Crippen LogP contribution < -0.4 is 15.1 Å². The van der Waals surface area contributed by atoms with Crippen molar-refractivity contribution in [2.24, 2.45) is 17.3 Å². The summed E-state index contributed by atoms with van der Waals surface area (Å²) >= 11 is 2.19. The molecule has 1 saturated carbocycles. The molecule has 2 aliphatic rings. The van der Waals surface area contributed by atoms with E-state index in [1.807, 2.05) is 49.4 Å². The van der Waals surface area contributed by atoms with Crippen LogP contribution in [0.1, 0.15) is 53.5 Å². The number of halogens is 1. The zero-order valence-corrected chi connectivity index (χ0v) is 33.1. The Balaban J connectivity index is 1.59. The van der Waals surface area contributed by atoms with Crippen LogP contribution in [0.2, 0.25) is 5.04 Å². The summed E-state index contributed by atoms with van der Waals surface area (Å²) in [6, 6.07) is 28.8. The van der Waals surface area contributed by atoms with Gasteiger partial charge >= 0.3 is 5.97 Å². The Morgan fingerprint density at radius 2 is 1.57 bits per heavy atom. The van der Waals surface area contributed by atoms with Crippen molar-refractivity contribution >= 4 is 47.3 Å². The summed E-state index contributed by atoms with van der Waals surface area (Å²) in [4.78, 5) is 14.0. The third-order valence-electron chi connectivity index (χ3n) is 10.6. The zero-order chi connectivity index (χ0) is 35.6. The van der Waals surface area contributed by atoms with E-state index >= 15 is 0 Å². The first-order valence-electron chi connectivity index (χ1n) is 17.0. The highest BCUT2D eigenvalue weighted by molar-refractivity contribution is 14.1. The van der Waals surface area contributed by atoms with E-state index in [0.717, 1.165) is 25.3 Å². The van der Waals surface area contributed by atoms with Crippen molar-refractivity contribution in [3.05, 3.63) is 100 Å². The Morgan fingerprint density at radius 3 is 2.04 bits per heavy atom. The minimum atomic E-state index is -2.97. The van der Waals surface area contributed by atoms with E-state index in [9.17, 15) is 9.90 Å². The second kappa shape index (κ2) is 15.0. The van der Waals surface area contributed by atoms with Gasteiger partial charge in [0.25, 0.3) is 8.32 Å². The maximum absolute atomic E-state index is 14.0. The van der Waals surface area contributed by atoms with E-state index < -0.39 is 49.5 Å². The maximum atomic E-state index is 14.0. The highest BCUT2D eigenvalue weighted by Crippen LogP contribution is 2.65. The van der Waals surface area contributed by atoms with Crippen LogP contribution in [0, 0.1) is 17.3 Å². The van der Waals surface area contributed by atoms with Crippen molar-refractivity contribution < 1.29 is 33.3 Å². The molecule has 0 unspecified atom stereocenters. The third kappa shape index (κ3) is 7.04. The lowest BCUT2D eigenvalue weighted by Gasteiger charge is -2.60. The molecule has 0 spiro atoms. The summed E-state index contributed by atoms with van der Waals surface area (Å²) in [6.07, 6.45) is 0.178. The Bertz CT molecular complexity index is 1540. The number of carbonyl (C=O) groups excluding carboxylic acids is 1. The number of rotatable bonds is 14. The van der Waals surface area contributed by atoms with Crippen molar-refractivity contribution in [3.63, 3.8) is 0 Å². The van der Waals surface area contributed by atoms with E-state index in [1.165, 1.54) is 0 Å². The van der Waals surface area contributed by atoms with Crippen molar-refractivity contribution in [1.29, 1.82) is 0 Å². The Morgan fingerprint density at radius 1 is 1.00 bits per heavy atom. The third-order valence-corrected chi connectivity index (χ3v) is 16.0. The van der Waals surface area contributed by atoms with Gasteiger partial charge in [0.2, 0.25) is 0 Å². The highest BCUT2D eigenvalue weighted by atomic mass is 127. The first-order chi connectivity index (χ1) is 23.2. The number of hydrogen-bond donors (Lipinski definition) is 1. The number of hydrogen-bond acceptors (Lipinski definition) is 7. The summed E-state index contributed by atoms with van der Waals surface area (Å²) in [5.41, 5.74) is -0.516. The molecular formula is C40H51IO7Si. The first-order valence-corrected chi connectivity index (χ1v) is 20.0. The average molecular weight is 799 g/mol. The average Bonchev–Trinajstić information content (AvgIpc) is 3.33. The van der Waals surface area contributed by atoms with E-state index in [-0.39, 0.29) is 24.2 Å². The van der Waals surface area contributed by atoms with Crippen LogP contribution in [-0.4, -0.2) is 64.1 Å². The number of aliphatic hydroxyl groups excluding tert-OH is 1. The highest BCUT2D eigenvalue weighted by Gasteiger charge is 2.75. The van der Waals surface area contributed by atoms with Crippen molar-refractivity contribution in [3.8, 4) is 5.75 Å². The first kappa shape index (κ1) is 37.7. The monoisotopic (exact) mass is 798 g/mol. The number of esters is 1. The fraction of sp³-hybridized carbons (Fsp3) is 0.475. The minimum Gasteiger partial charge on any atom is -0.497 e. The number of aliphatic hydroxyl groups is 1. The van der Waals surface area contributed by atoms with E-state index in [2.05, 4.69) is 106 Å². The van der Waals surface area contributed by atoms with Gasteiger partial charge in [-0.05, 0) is 78.7 Å². The number of benzene rings is 3. The van der Waals surface area contributed by atoms with Crippen LogP contribution in [-0.2, 0) is 30.0 Å². The Kier molecular flexibility index (Phi) is 11.5. The fourth-order valence-electron chi connectivity index (χ4n) is 8.27. The van der Waals surface area contributed by atoms with Gasteiger partial charge in [0.1, 0.15) is 23.6 Å². The zero-order valence-electron chi connectivity index (χ0n) is 29.9. The SMILES string of the molecule is COc1ccc(CO[C@H](CO[Si](c2ccccc2)(c2ccccc2)C(C)(C)C)[C@@]23OC(=O)[C@@H]([C@H](O)[C@H](/C=C(\C)I)OC)[C@@H]2CC3(C)C)cc1. The molecule has 3 aromatic rings. The quantitative estimate of drug-likeness (QED) is 0.109. The molecule has 1 saturated heterocycles. The van der Waals surface area contributed by atoms with Gasteiger partial charge in [-0.3, -0.25) is 4.79 Å². The molecule has 1 aliphatic heterocycles. The molecule has 0 radical (unpaired) electrons. The number of fused-ring (bicyclic) bond motifs is 1. The predicted molar refractivity (Wildman–Crippen MR) is 204 cm³/mol. The number of carbonyl (C=O) groups is 1. The number of methoxy groups -OCH3 is 2. The second-order valence-electron chi connectivity index (χ2n) is 15.0. The molecule has 49 heavy (non-hydrogen) atoms. The largest absolute Gasteiger partial charge is 0.497 e. The van der Waals surface area contributed by atoms with Gasteiger partial charge in [0.05, 0.1) is 32.3 Å². The predicted octanol–water partition coefficient (Wildman–Crippen LogP) is 6.83. The van der Waals surface area contributed by atoms with Crippen molar-refractivity contribution in [2.75, 3.05) is 20.8 Å². The molecule has 264 valence electrons. The summed E-state index contributed by atoms with van der Waals surface area (Å²) < 4.78 is 33.0. The van der Waals surface area contributed by atoms with Gasteiger partial charge < -0.3 is 28.5 Å². The van der Waals surface area contributed by atoms with Gasteiger partial charge in [0.15, 0.2) is 0 Å². The minimum absolute atomic E-state index is 0.194. The molecule has 3 aromatic carbocycles. The van der Waals surface area contributed by atoms with Crippen LogP contribution >= 0.6 is 22.6 Å². The van der Waals surface area contributed by atoms with Gasteiger partial charge in [-0.15, -0.1) is 0 Å². The molecule has 1 aliphatic carbocycles. The molecule has 0 bridgehead atoms. The smallest absolute Gasteiger partial charge is 0.312 e. The molecule has 1 heterocycles. The van der Waals surface area contributed by atoms with Crippen molar-refractivity contribution in [1.82, 2.24) is 0 Å². The van der Waals surface area contributed by atoms with E-state index in [1.54, 1.807) is 14.2 Å². The lowest BCUT2D eigenvalue weighted by molar-refractivity contribution is -0.258. The van der Waals surface area contributed by atoms with Crippen LogP contribution in [0.4, 0.5) is 0 Å². The fourth-order valence-corrected chi connectivity index (χ4v) is 13.2. The van der Waals surface area contributed by atoms with Gasteiger partial charge in [-0.1, -0.05) is 107 Å². The van der Waals surface area contributed by atoms with Crippen LogP contribution in [0.15, 0.2) is 94.6 Å². The van der Waals surface area contributed by atoms with Crippen molar-refractivity contribution in [2.45, 2.75) is 83.5 Å². The summed E-state index contributed by atoms with van der Waals surface area (Å²) in [5.74, 6) is -0.730. The van der Waals surface area contributed by atoms with Crippen LogP contribution in [0.5, 0.6) is 5.75 Å². The molecular weight excluding hydrogens is 747 g/mol. The maximum Gasteiger partial charge on any atom is 0.312 e. The summed E-state index contributed by atoms with van der Waals surface area (Å²) in [5, 5.41) is 13.7. The molecule has 7 nitrogen and oxygen atoms in total. The van der Waals surface area contributed by atoms with Crippen LogP contribution in [0.3, 0.4) is 0 Å². The topological polar surface area (TPSA) is 83.5 Å². The Hall–Kier alpha value is -2.54. The number of allylic oxidation sites excluding steroid dienone is 1. The molecule has 1 N–H and O–H groups in total. The molecule has 5 rings (SSSR count). The summed E-state index contributed by atoms with van der Waals surface area (Å²) in [7, 11) is 0.228. The van der Waals surface area contributed by atoms with E-state index in [0.29, 0.717) is 6.42 Å². The molecule has 0 aromatic heterocycles. The van der Waals surface area contributed by atoms with Gasteiger partial charge in [-0.25, -0.2) is 0 Å². The molecule has 6 atom stereocenters. The molecule has 0 amide bonds. The lowest BCUT2D eigenvalue weighted by atomic mass is 9.48. The standard InChI is InChI=1S/C40H51IO7Si/c1-27(41)23-33(45-8)36(42)35-32-24-39(5,6)40(32,48-37(35)43)34(46-25-28-19-21-29(44-7)22-20-28)26-47-49(38(2,3)4,30-15-11-9-12-16-30)31-17-13-10-14-18-31/h9-23,32-36,42H,24-26H2,1-8H3/b27-23+/t32-,33-,34+,35+,36+,40-/m0/s1. The number of ether oxygens (including phenoxy) is 4. The summed E-state index contributed by atoms with van der Waals surface area (Å²) in [6.45, 7) is 13.4. The Labute approximate surface area is 306 Å². The van der Waals surface area contributed by atoms with Crippen LogP contribution in [0.25, 0.3) is 0 Å². The van der Waals surface area contributed by atoms with Gasteiger partial charge in [0, 0.05) is 18.4 Å². The van der Waals surface area contributed by atoms with Gasteiger partial charge in [-0.2, -0.15) is 0 Å². The normalized spacial score (nSPS) is 24.0. The van der Waals surface area contributed by atoms with E-state index in [4.69, 9.17) is 23.4 Å².